The molecule has 0 heterocycles. The normalized spacial score (nSPS) is 10.7. The van der Waals surface area contributed by atoms with Crippen LogP contribution in [-0.2, 0) is 0 Å². The SMILES string of the molecule is [CH2+]CCN(CCC)CCO. The molecule has 0 spiro atoms. The Labute approximate surface area is 63.8 Å². The fourth-order valence-electron chi connectivity index (χ4n) is 1.02. The summed E-state index contributed by atoms with van der Waals surface area (Å²) in [5, 5.41) is 8.63. The summed E-state index contributed by atoms with van der Waals surface area (Å²) in [7, 11) is 0. The smallest absolute Gasteiger partial charge is 0.0977 e. The first-order valence-corrected chi connectivity index (χ1v) is 3.97. The maximum atomic E-state index is 8.63. The van der Waals surface area contributed by atoms with Crippen LogP contribution in [0.15, 0.2) is 0 Å². The van der Waals surface area contributed by atoms with Crippen molar-refractivity contribution in [1.82, 2.24) is 4.90 Å². The molecule has 0 rings (SSSR count). The summed E-state index contributed by atoms with van der Waals surface area (Å²) in [6, 6.07) is 0. The lowest BCUT2D eigenvalue weighted by Crippen LogP contribution is -2.28. The van der Waals surface area contributed by atoms with E-state index in [-0.39, 0.29) is 6.61 Å². The Kier molecular flexibility index (Phi) is 6.76. The molecule has 2 nitrogen and oxygen atoms in total. The largest absolute Gasteiger partial charge is 0.395 e. The quantitative estimate of drug-likeness (QED) is 0.560. The Hall–Kier alpha value is -0.210. The van der Waals surface area contributed by atoms with Crippen molar-refractivity contribution in [3.63, 3.8) is 0 Å². The summed E-state index contributed by atoms with van der Waals surface area (Å²) < 4.78 is 0. The minimum absolute atomic E-state index is 0.264. The van der Waals surface area contributed by atoms with Gasteiger partial charge >= 0.3 is 0 Å². The molecule has 0 aromatic heterocycles. The molecule has 0 radical (unpaired) electrons. The summed E-state index contributed by atoms with van der Waals surface area (Å²) in [5.74, 6) is 0. The second-order valence-electron chi connectivity index (χ2n) is 2.42. The van der Waals surface area contributed by atoms with Gasteiger partial charge in [-0.05, 0) is 13.0 Å². The van der Waals surface area contributed by atoms with Crippen molar-refractivity contribution in [2.45, 2.75) is 19.8 Å². The number of hydrogen-bond donors (Lipinski definition) is 1. The zero-order chi connectivity index (χ0) is 7.82. The van der Waals surface area contributed by atoms with Gasteiger partial charge in [-0.25, -0.2) is 0 Å². The number of aliphatic hydroxyl groups excluding tert-OH is 1. The first-order valence-electron chi connectivity index (χ1n) is 3.97. The van der Waals surface area contributed by atoms with Gasteiger partial charge in [0.15, 0.2) is 0 Å². The monoisotopic (exact) mass is 144 g/mol. The van der Waals surface area contributed by atoms with E-state index in [1.54, 1.807) is 0 Å². The molecule has 0 aliphatic rings. The minimum Gasteiger partial charge on any atom is -0.395 e. The van der Waals surface area contributed by atoms with Crippen LogP contribution in [0.1, 0.15) is 19.8 Å². The van der Waals surface area contributed by atoms with Crippen molar-refractivity contribution in [3.8, 4) is 0 Å². The van der Waals surface area contributed by atoms with Crippen LogP contribution in [0.5, 0.6) is 0 Å². The van der Waals surface area contributed by atoms with Crippen LogP contribution in [-0.4, -0.2) is 36.2 Å². The molecular formula is C8H18NO+. The highest BCUT2D eigenvalue weighted by atomic mass is 16.3. The molecule has 0 saturated heterocycles. The Morgan fingerprint density at radius 2 is 2.00 bits per heavy atom. The van der Waals surface area contributed by atoms with Crippen molar-refractivity contribution in [3.05, 3.63) is 6.92 Å². The maximum Gasteiger partial charge on any atom is 0.0977 e. The van der Waals surface area contributed by atoms with Gasteiger partial charge in [0.1, 0.15) is 0 Å². The number of hydrogen-bond acceptors (Lipinski definition) is 2. The van der Waals surface area contributed by atoms with Gasteiger partial charge in [-0.3, -0.25) is 4.90 Å². The van der Waals surface area contributed by atoms with Crippen molar-refractivity contribution in [2.24, 2.45) is 0 Å². The predicted octanol–water partition coefficient (Wildman–Crippen LogP) is 0.915. The molecule has 60 valence electrons. The second kappa shape index (κ2) is 6.90. The van der Waals surface area contributed by atoms with Gasteiger partial charge in [-0.15, -0.1) is 0 Å². The second-order valence-corrected chi connectivity index (χ2v) is 2.42. The van der Waals surface area contributed by atoms with Gasteiger partial charge in [0.05, 0.1) is 20.0 Å². The van der Waals surface area contributed by atoms with Crippen molar-refractivity contribution in [1.29, 1.82) is 0 Å². The third-order valence-electron chi connectivity index (χ3n) is 1.43. The lowest BCUT2D eigenvalue weighted by Gasteiger charge is -2.17. The van der Waals surface area contributed by atoms with Crippen LogP contribution >= 0.6 is 0 Å². The fourth-order valence-corrected chi connectivity index (χ4v) is 1.02. The van der Waals surface area contributed by atoms with E-state index in [0.717, 1.165) is 32.5 Å². The Balaban J connectivity index is 3.30. The first kappa shape index (κ1) is 9.79. The topological polar surface area (TPSA) is 23.5 Å². The highest BCUT2D eigenvalue weighted by Gasteiger charge is 2.01. The van der Waals surface area contributed by atoms with Crippen LogP contribution in [0.4, 0.5) is 0 Å². The molecule has 0 aromatic carbocycles. The van der Waals surface area contributed by atoms with E-state index in [9.17, 15) is 0 Å². The van der Waals surface area contributed by atoms with Crippen LogP contribution in [0.25, 0.3) is 0 Å². The van der Waals surface area contributed by atoms with Crippen LogP contribution in [0.3, 0.4) is 0 Å². The Bertz CT molecular complexity index is 52.0. The molecule has 0 aliphatic carbocycles. The van der Waals surface area contributed by atoms with E-state index in [0.29, 0.717) is 0 Å². The van der Waals surface area contributed by atoms with Crippen molar-refractivity contribution >= 4 is 0 Å². The average molecular weight is 144 g/mol. The van der Waals surface area contributed by atoms with Crippen LogP contribution in [0, 0.1) is 6.92 Å². The molecule has 0 bridgehead atoms. The Morgan fingerprint density at radius 1 is 1.30 bits per heavy atom. The number of aliphatic hydroxyl groups is 1. The van der Waals surface area contributed by atoms with Gasteiger partial charge < -0.3 is 5.11 Å². The van der Waals surface area contributed by atoms with E-state index >= 15 is 0 Å². The van der Waals surface area contributed by atoms with Gasteiger partial charge in [0.25, 0.3) is 0 Å². The fraction of sp³-hybridized carbons (Fsp3) is 0.875. The van der Waals surface area contributed by atoms with E-state index in [1.165, 1.54) is 0 Å². The maximum absolute atomic E-state index is 8.63. The Morgan fingerprint density at radius 3 is 2.40 bits per heavy atom. The zero-order valence-corrected chi connectivity index (χ0v) is 6.84. The van der Waals surface area contributed by atoms with E-state index in [1.807, 2.05) is 0 Å². The number of nitrogens with zero attached hydrogens (tertiary/aromatic N) is 1. The summed E-state index contributed by atoms with van der Waals surface area (Å²) in [4.78, 5) is 2.23. The zero-order valence-electron chi connectivity index (χ0n) is 6.84. The first-order chi connectivity index (χ1) is 4.85. The minimum atomic E-state index is 0.264. The summed E-state index contributed by atoms with van der Waals surface area (Å²) >= 11 is 0. The van der Waals surface area contributed by atoms with Gasteiger partial charge in [-0.1, -0.05) is 6.92 Å². The third kappa shape index (κ3) is 4.65. The van der Waals surface area contributed by atoms with Crippen LogP contribution < -0.4 is 0 Å². The summed E-state index contributed by atoms with van der Waals surface area (Å²) in [5.41, 5.74) is 0. The van der Waals surface area contributed by atoms with E-state index in [2.05, 4.69) is 18.7 Å². The molecular weight excluding hydrogens is 126 g/mol. The van der Waals surface area contributed by atoms with Crippen LogP contribution in [0.2, 0.25) is 0 Å². The van der Waals surface area contributed by atoms with Gasteiger partial charge in [0, 0.05) is 13.1 Å². The van der Waals surface area contributed by atoms with E-state index in [4.69, 9.17) is 5.11 Å². The van der Waals surface area contributed by atoms with Gasteiger partial charge in [-0.2, -0.15) is 0 Å². The summed E-state index contributed by atoms with van der Waals surface area (Å²) in [6.07, 6.45) is 2.08. The highest BCUT2D eigenvalue weighted by Crippen LogP contribution is 1.91. The third-order valence-corrected chi connectivity index (χ3v) is 1.43. The molecule has 0 unspecified atom stereocenters. The molecule has 0 aromatic rings. The summed E-state index contributed by atoms with van der Waals surface area (Å²) in [6.45, 7) is 9.06. The molecule has 0 saturated carbocycles. The number of rotatable bonds is 6. The molecule has 10 heavy (non-hydrogen) atoms. The molecule has 0 amide bonds. The molecule has 0 atom stereocenters. The van der Waals surface area contributed by atoms with Crippen molar-refractivity contribution < 1.29 is 5.11 Å². The average Bonchev–Trinajstić information content (AvgIpc) is 1.90. The lowest BCUT2D eigenvalue weighted by molar-refractivity contribution is 0.198. The molecule has 0 aliphatic heterocycles. The highest BCUT2D eigenvalue weighted by molar-refractivity contribution is 4.56. The standard InChI is InChI=1S/C8H18NO/c1-3-5-9(6-4-2)7-8-10/h10H,1,3-8H2,2H3/q+1. The molecule has 0 fully saturated rings. The predicted molar refractivity (Wildman–Crippen MR) is 43.8 cm³/mol. The lowest BCUT2D eigenvalue weighted by atomic mass is 10.3. The van der Waals surface area contributed by atoms with E-state index < -0.39 is 0 Å². The molecule has 2 heteroatoms. The van der Waals surface area contributed by atoms with Gasteiger partial charge in [0.2, 0.25) is 0 Å². The van der Waals surface area contributed by atoms with Crippen molar-refractivity contribution in [2.75, 3.05) is 26.2 Å². The molecule has 1 N–H and O–H groups in total.